The average molecular weight is 358 g/mol. The molecule has 1 aromatic carbocycles. The lowest BCUT2D eigenvalue weighted by atomic mass is 10.2. The maximum absolute atomic E-state index is 6.49. The van der Waals surface area contributed by atoms with E-state index < -0.39 is 0 Å². The van der Waals surface area contributed by atoms with E-state index in [1.807, 2.05) is 43.6 Å². The van der Waals surface area contributed by atoms with E-state index in [1.165, 1.54) is 0 Å². The molecule has 24 heavy (non-hydrogen) atoms. The monoisotopic (exact) mass is 357 g/mol. The first-order valence-electron chi connectivity index (χ1n) is 7.29. The van der Waals surface area contributed by atoms with Gasteiger partial charge in [0.1, 0.15) is 5.82 Å². The highest BCUT2D eigenvalue weighted by Crippen LogP contribution is 2.35. The molecule has 3 heterocycles. The van der Waals surface area contributed by atoms with E-state index in [0.29, 0.717) is 15.9 Å². The van der Waals surface area contributed by atoms with E-state index in [9.17, 15) is 0 Å². The number of anilines is 2. The van der Waals surface area contributed by atoms with E-state index in [-0.39, 0.29) is 0 Å². The summed E-state index contributed by atoms with van der Waals surface area (Å²) >= 11 is 12.7. The Morgan fingerprint density at radius 3 is 2.75 bits per heavy atom. The van der Waals surface area contributed by atoms with Crippen LogP contribution in [-0.2, 0) is 7.05 Å². The van der Waals surface area contributed by atoms with Gasteiger partial charge in [0, 0.05) is 36.5 Å². The van der Waals surface area contributed by atoms with Crippen molar-refractivity contribution in [1.82, 2.24) is 19.7 Å². The fraction of sp³-hybridized carbons (Fsp3) is 0.0588. The Bertz CT molecular complexity index is 1030. The number of fused-ring (bicyclic) bond motifs is 1. The van der Waals surface area contributed by atoms with Crippen LogP contribution in [0.2, 0.25) is 10.0 Å². The van der Waals surface area contributed by atoms with Crippen LogP contribution >= 0.6 is 23.2 Å². The van der Waals surface area contributed by atoms with Crippen LogP contribution in [0.15, 0.2) is 48.9 Å². The Kier molecular flexibility index (Phi) is 3.67. The van der Waals surface area contributed by atoms with Gasteiger partial charge in [0.15, 0.2) is 0 Å². The van der Waals surface area contributed by atoms with Gasteiger partial charge in [-0.05, 0) is 12.1 Å². The van der Waals surface area contributed by atoms with Crippen LogP contribution in [-0.4, -0.2) is 19.7 Å². The summed E-state index contributed by atoms with van der Waals surface area (Å²) in [6, 6.07) is 9.43. The number of H-pyrrole nitrogens is 1. The average Bonchev–Trinajstić information content (AvgIpc) is 3.13. The van der Waals surface area contributed by atoms with Crippen molar-refractivity contribution in [3.8, 4) is 11.3 Å². The first-order chi connectivity index (χ1) is 11.6. The number of benzene rings is 1. The molecule has 0 unspecified atom stereocenters. The number of halogens is 2. The maximum atomic E-state index is 6.49. The van der Waals surface area contributed by atoms with Gasteiger partial charge in [-0.25, -0.2) is 4.98 Å². The van der Waals surface area contributed by atoms with Crippen molar-refractivity contribution in [2.24, 2.45) is 7.05 Å². The number of pyridine rings is 1. The molecule has 0 bridgehead atoms. The Morgan fingerprint density at radius 1 is 1.17 bits per heavy atom. The van der Waals surface area contributed by atoms with Crippen LogP contribution in [0.1, 0.15) is 0 Å². The van der Waals surface area contributed by atoms with E-state index in [1.54, 1.807) is 17.1 Å². The molecule has 0 saturated carbocycles. The molecule has 5 nitrogen and oxygen atoms in total. The number of aromatic amines is 1. The fourth-order valence-electron chi connectivity index (χ4n) is 2.58. The number of hydrogen-bond acceptors (Lipinski definition) is 3. The summed E-state index contributed by atoms with van der Waals surface area (Å²) in [6.45, 7) is 0. The summed E-state index contributed by atoms with van der Waals surface area (Å²) in [5.74, 6) is 0.686. The number of para-hydroxylation sites is 1. The highest BCUT2D eigenvalue weighted by molar-refractivity contribution is 6.38. The number of hydrogen-bond donors (Lipinski definition) is 2. The molecule has 0 radical (unpaired) electrons. The smallest absolute Gasteiger partial charge is 0.132 e. The molecule has 0 aliphatic rings. The minimum atomic E-state index is 0.634. The molecule has 0 amide bonds. The topological polar surface area (TPSA) is 58.5 Å². The minimum absolute atomic E-state index is 0.634. The second-order valence-electron chi connectivity index (χ2n) is 5.44. The quantitative estimate of drug-likeness (QED) is 0.541. The molecule has 120 valence electrons. The Labute approximate surface area is 148 Å². The molecule has 0 spiro atoms. The summed E-state index contributed by atoms with van der Waals surface area (Å²) < 4.78 is 1.74. The van der Waals surface area contributed by atoms with Gasteiger partial charge in [-0.3, -0.25) is 4.68 Å². The molecule has 0 aliphatic carbocycles. The zero-order chi connectivity index (χ0) is 16.7. The van der Waals surface area contributed by atoms with Gasteiger partial charge in [-0.1, -0.05) is 35.3 Å². The van der Waals surface area contributed by atoms with Crippen molar-refractivity contribution in [2.75, 3.05) is 5.32 Å². The second-order valence-corrected chi connectivity index (χ2v) is 6.22. The maximum Gasteiger partial charge on any atom is 0.132 e. The molecule has 4 rings (SSSR count). The van der Waals surface area contributed by atoms with E-state index in [2.05, 4.69) is 20.4 Å². The van der Waals surface area contributed by atoms with Crippen molar-refractivity contribution in [2.45, 2.75) is 0 Å². The van der Waals surface area contributed by atoms with Crippen LogP contribution in [0.4, 0.5) is 11.5 Å². The van der Waals surface area contributed by atoms with E-state index >= 15 is 0 Å². The summed E-state index contributed by atoms with van der Waals surface area (Å²) in [7, 11) is 1.87. The first kappa shape index (κ1) is 15.1. The van der Waals surface area contributed by atoms with Crippen LogP contribution in [0.25, 0.3) is 22.2 Å². The standard InChI is InChI=1S/C17H13Cl2N5/c1-24-9-10(7-21-24)17-16(19)11-8-20-15(6-14(11)23-17)22-13-5-3-2-4-12(13)18/h2-9,23H,1H3,(H,20,22). The molecule has 4 aromatic rings. The summed E-state index contributed by atoms with van der Waals surface area (Å²) in [5, 5.41) is 9.53. The van der Waals surface area contributed by atoms with Gasteiger partial charge >= 0.3 is 0 Å². The summed E-state index contributed by atoms with van der Waals surface area (Å²) in [6.07, 6.45) is 5.42. The van der Waals surface area contributed by atoms with Gasteiger partial charge in [0.05, 0.1) is 33.1 Å². The molecule has 2 N–H and O–H groups in total. The molecule has 0 aliphatic heterocycles. The predicted molar refractivity (Wildman–Crippen MR) is 98.0 cm³/mol. The van der Waals surface area contributed by atoms with Crippen molar-refractivity contribution in [3.63, 3.8) is 0 Å². The summed E-state index contributed by atoms with van der Waals surface area (Å²) in [5.41, 5.74) is 3.45. The third-order valence-corrected chi connectivity index (χ3v) is 4.47. The molecule has 7 heteroatoms. The molecule has 0 atom stereocenters. The highest BCUT2D eigenvalue weighted by Gasteiger charge is 2.14. The van der Waals surface area contributed by atoms with Crippen LogP contribution in [0, 0.1) is 0 Å². The highest BCUT2D eigenvalue weighted by atomic mass is 35.5. The van der Waals surface area contributed by atoms with Gasteiger partial charge in [0.25, 0.3) is 0 Å². The Balaban J connectivity index is 1.75. The van der Waals surface area contributed by atoms with Crippen LogP contribution < -0.4 is 5.32 Å². The zero-order valence-electron chi connectivity index (χ0n) is 12.7. The van der Waals surface area contributed by atoms with Crippen molar-refractivity contribution >= 4 is 45.6 Å². The SMILES string of the molecule is Cn1cc(-c2[nH]c3cc(Nc4ccccc4Cl)ncc3c2Cl)cn1. The molecule has 3 aromatic heterocycles. The molecule has 0 fully saturated rings. The van der Waals surface area contributed by atoms with Gasteiger partial charge in [0.2, 0.25) is 0 Å². The first-order valence-corrected chi connectivity index (χ1v) is 8.05. The third kappa shape index (κ3) is 2.62. The molecule has 0 saturated heterocycles. The molecular weight excluding hydrogens is 345 g/mol. The van der Waals surface area contributed by atoms with Gasteiger partial charge < -0.3 is 10.3 Å². The van der Waals surface area contributed by atoms with Crippen molar-refractivity contribution in [1.29, 1.82) is 0 Å². The summed E-state index contributed by atoms with van der Waals surface area (Å²) in [4.78, 5) is 7.76. The van der Waals surface area contributed by atoms with Crippen molar-refractivity contribution in [3.05, 3.63) is 59.0 Å². The van der Waals surface area contributed by atoms with E-state index in [0.717, 1.165) is 27.8 Å². The lowest BCUT2D eigenvalue weighted by molar-refractivity contribution is 0.768. The normalized spacial score (nSPS) is 11.1. The number of aromatic nitrogens is 4. The number of rotatable bonds is 3. The van der Waals surface area contributed by atoms with Gasteiger partial charge in [-0.2, -0.15) is 5.10 Å². The number of aryl methyl sites for hydroxylation is 1. The Hall–Kier alpha value is -2.50. The lowest BCUT2D eigenvalue weighted by Gasteiger charge is -2.07. The van der Waals surface area contributed by atoms with Gasteiger partial charge in [-0.15, -0.1) is 0 Å². The second kappa shape index (κ2) is 5.85. The fourth-order valence-corrected chi connectivity index (χ4v) is 3.07. The van der Waals surface area contributed by atoms with Crippen molar-refractivity contribution < 1.29 is 0 Å². The largest absolute Gasteiger partial charge is 0.353 e. The van der Waals surface area contributed by atoms with Crippen LogP contribution in [0.5, 0.6) is 0 Å². The number of nitrogens with one attached hydrogen (secondary N) is 2. The van der Waals surface area contributed by atoms with Crippen LogP contribution in [0.3, 0.4) is 0 Å². The molecular formula is C17H13Cl2N5. The number of nitrogens with zero attached hydrogens (tertiary/aromatic N) is 3. The zero-order valence-corrected chi connectivity index (χ0v) is 14.2. The van der Waals surface area contributed by atoms with E-state index in [4.69, 9.17) is 23.2 Å². The predicted octanol–water partition coefficient (Wildman–Crippen LogP) is 5.01. The third-order valence-electron chi connectivity index (χ3n) is 3.75. The Morgan fingerprint density at radius 2 is 2.00 bits per heavy atom. The minimum Gasteiger partial charge on any atom is -0.353 e. The lowest BCUT2D eigenvalue weighted by Crippen LogP contribution is -1.93.